The van der Waals surface area contributed by atoms with Gasteiger partial charge in [-0.2, -0.15) is 0 Å². The standard InChI is InChI=1S/C28H29BrCl2N2O3/c1-18(28(35)32-21-8-3-2-4-9-21)33(16-19-11-13-23(30)24(31)15-19)26(34)17-36-25-14-12-20-7-5-6-10-22(20)27(25)29/h5-7,10-15,18,21H,2-4,8-9,16-17H2,1H3,(H,32,35)/t18-/m1/s1. The molecule has 36 heavy (non-hydrogen) atoms. The molecule has 1 atom stereocenters. The van der Waals surface area contributed by atoms with Gasteiger partial charge in [-0.25, -0.2) is 0 Å². The minimum atomic E-state index is -0.683. The largest absolute Gasteiger partial charge is 0.483 e. The number of nitrogens with zero attached hydrogens (tertiary/aromatic N) is 1. The number of amides is 2. The minimum Gasteiger partial charge on any atom is -0.483 e. The normalized spacial score (nSPS) is 14.9. The van der Waals surface area contributed by atoms with E-state index in [0.29, 0.717) is 15.8 Å². The molecule has 3 aromatic carbocycles. The van der Waals surface area contributed by atoms with Crippen LogP contribution in [0, 0.1) is 0 Å². The van der Waals surface area contributed by atoms with Gasteiger partial charge >= 0.3 is 0 Å². The maximum Gasteiger partial charge on any atom is 0.261 e. The quantitative estimate of drug-likeness (QED) is 0.302. The lowest BCUT2D eigenvalue weighted by Gasteiger charge is -2.31. The van der Waals surface area contributed by atoms with Crippen LogP contribution in [0.15, 0.2) is 59.1 Å². The number of ether oxygens (including phenoxy) is 1. The summed E-state index contributed by atoms with van der Waals surface area (Å²) < 4.78 is 6.72. The molecule has 5 nitrogen and oxygen atoms in total. The summed E-state index contributed by atoms with van der Waals surface area (Å²) >= 11 is 15.9. The van der Waals surface area contributed by atoms with E-state index in [1.165, 1.54) is 11.3 Å². The van der Waals surface area contributed by atoms with E-state index < -0.39 is 6.04 Å². The Labute approximate surface area is 230 Å². The predicted molar refractivity (Wildman–Crippen MR) is 149 cm³/mol. The van der Waals surface area contributed by atoms with Crippen molar-refractivity contribution in [3.05, 3.63) is 74.7 Å². The second kappa shape index (κ2) is 12.3. The summed E-state index contributed by atoms with van der Waals surface area (Å²) in [7, 11) is 0. The van der Waals surface area contributed by atoms with Gasteiger partial charge in [-0.3, -0.25) is 9.59 Å². The highest BCUT2D eigenvalue weighted by Crippen LogP contribution is 2.33. The van der Waals surface area contributed by atoms with Crippen LogP contribution in [-0.4, -0.2) is 35.4 Å². The molecule has 0 radical (unpaired) electrons. The Morgan fingerprint density at radius 2 is 1.81 bits per heavy atom. The molecule has 190 valence electrons. The van der Waals surface area contributed by atoms with E-state index >= 15 is 0 Å². The fourth-order valence-corrected chi connectivity index (χ4v) is 5.46. The number of rotatable bonds is 8. The van der Waals surface area contributed by atoms with Crippen LogP contribution >= 0.6 is 39.1 Å². The van der Waals surface area contributed by atoms with Crippen LogP contribution in [0.4, 0.5) is 0 Å². The van der Waals surface area contributed by atoms with Gasteiger partial charge in [0.1, 0.15) is 11.8 Å². The van der Waals surface area contributed by atoms with Crippen LogP contribution in [0.5, 0.6) is 5.75 Å². The SMILES string of the molecule is C[C@H](C(=O)NC1CCCCC1)N(Cc1ccc(Cl)c(Cl)c1)C(=O)COc1ccc2ccccc2c1Br. The van der Waals surface area contributed by atoms with E-state index in [9.17, 15) is 9.59 Å². The number of benzene rings is 3. The van der Waals surface area contributed by atoms with Crippen LogP contribution in [0.3, 0.4) is 0 Å². The van der Waals surface area contributed by atoms with E-state index in [4.69, 9.17) is 27.9 Å². The Balaban J connectivity index is 1.51. The Morgan fingerprint density at radius 1 is 1.06 bits per heavy atom. The van der Waals surface area contributed by atoms with Crippen molar-refractivity contribution >= 4 is 61.7 Å². The number of nitrogens with one attached hydrogen (secondary N) is 1. The van der Waals surface area contributed by atoms with Crippen LogP contribution in [0.25, 0.3) is 10.8 Å². The van der Waals surface area contributed by atoms with Crippen molar-refractivity contribution in [3.8, 4) is 5.75 Å². The summed E-state index contributed by atoms with van der Waals surface area (Å²) in [5.41, 5.74) is 0.780. The van der Waals surface area contributed by atoms with E-state index in [-0.39, 0.29) is 31.0 Å². The molecule has 0 saturated heterocycles. The number of carbonyl (C=O) groups is 2. The second-order valence-electron chi connectivity index (χ2n) is 9.18. The van der Waals surface area contributed by atoms with Gasteiger partial charge in [0, 0.05) is 12.6 Å². The smallest absolute Gasteiger partial charge is 0.261 e. The number of carbonyl (C=O) groups excluding carboxylic acids is 2. The highest BCUT2D eigenvalue weighted by molar-refractivity contribution is 9.10. The zero-order valence-electron chi connectivity index (χ0n) is 20.1. The Bertz CT molecular complexity index is 1250. The summed E-state index contributed by atoms with van der Waals surface area (Å²) in [4.78, 5) is 28.1. The summed E-state index contributed by atoms with van der Waals surface area (Å²) in [6.45, 7) is 1.75. The van der Waals surface area contributed by atoms with E-state index in [1.807, 2.05) is 36.4 Å². The molecule has 1 aliphatic rings. The molecule has 1 saturated carbocycles. The third-order valence-electron chi connectivity index (χ3n) is 6.63. The van der Waals surface area contributed by atoms with Gasteiger partial charge in [-0.05, 0) is 70.2 Å². The van der Waals surface area contributed by atoms with Crippen molar-refractivity contribution in [1.29, 1.82) is 0 Å². The number of halogens is 3. The fraction of sp³-hybridized carbons (Fsp3) is 0.357. The molecular formula is C28H29BrCl2N2O3. The van der Waals surface area contributed by atoms with Crippen LogP contribution in [0.2, 0.25) is 10.0 Å². The topological polar surface area (TPSA) is 58.6 Å². The predicted octanol–water partition coefficient (Wildman–Crippen LogP) is 7.15. The lowest BCUT2D eigenvalue weighted by Crippen LogP contribution is -2.51. The van der Waals surface area contributed by atoms with E-state index in [1.54, 1.807) is 25.1 Å². The molecule has 3 aromatic rings. The average Bonchev–Trinajstić information content (AvgIpc) is 2.89. The van der Waals surface area contributed by atoms with Crippen molar-refractivity contribution in [2.24, 2.45) is 0 Å². The van der Waals surface area contributed by atoms with Crippen LogP contribution < -0.4 is 10.1 Å². The van der Waals surface area contributed by atoms with Gasteiger partial charge in [-0.15, -0.1) is 0 Å². The first-order valence-corrected chi connectivity index (χ1v) is 13.7. The second-order valence-corrected chi connectivity index (χ2v) is 10.8. The zero-order chi connectivity index (χ0) is 25.7. The first-order chi connectivity index (χ1) is 17.3. The Morgan fingerprint density at radius 3 is 2.56 bits per heavy atom. The molecule has 0 aromatic heterocycles. The van der Waals surface area contributed by atoms with Crippen molar-refractivity contribution in [1.82, 2.24) is 10.2 Å². The molecule has 2 amide bonds. The summed E-state index contributed by atoms with van der Waals surface area (Å²) in [5, 5.41) is 6.03. The van der Waals surface area contributed by atoms with Crippen molar-refractivity contribution in [2.75, 3.05) is 6.61 Å². The molecule has 0 spiro atoms. The molecular weight excluding hydrogens is 563 g/mol. The summed E-state index contributed by atoms with van der Waals surface area (Å²) in [6, 6.07) is 16.4. The highest BCUT2D eigenvalue weighted by Gasteiger charge is 2.28. The van der Waals surface area contributed by atoms with Gasteiger partial charge < -0.3 is 15.0 Å². The van der Waals surface area contributed by atoms with Gasteiger partial charge in [0.15, 0.2) is 6.61 Å². The molecule has 8 heteroatoms. The number of hydrogen-bond acceptors (Lipinski definition) is 3. The first-order valence-electron chi connectivity index (χ1n) is 12.2. The monoisotopic (exact) mass is 590 g/mol. The lowest BCUT2D eigenvalue weighted by atomic mass is 9.95. The Hall–Kier alpha value is -2.28. The molecule has 0 bridgehead atoms. The van der Waals surface area contributed by atoms with Gasteiger partial charge in [0.05, 0.1) is 14.5 Å². The zero-order valence-corrected chi connectivity index (χ0v) is 23.2. The maximum absolute atomic E-state index is 13.4. The maximum atomic E-state index is 13.4. The highest BCUT2D eigenvalue weighted by atomic mass is 79.9. The molecule has 4 rings (SSSR count). The number of hydrogen-bond donors (Lipinski definition) is 1. The third-order valence-corrected chi connectivity index (χ3v) is 8.19. The summed E-state index contributed by atoms with van der Waals surface area (Å²) in [5.74, 6) is 0.102. The van der Waals surface area contributed by atoms with Gasteiger partial charge in [-0.1, -0.05) is 78.9 Å². The average molecular weight is 592 g/mol. The molecule has 1 aliphatic carbocycles. The minimum absolute atomic E-state index is 0.153. The van der Waals surface area contributed by atoms with Crippen molar-refractivity contribution < 1.29 is 14.3 Å². The van der Waals surface area contributed by atoms with Gasteiger partial charge in [0.25, 0.3) is 5.91 Å². The third kappa shape index (κ3) is 6.53. The molecule has 1 N–H and O–H groups in total. The molecule has 0 heterocycles. The van der Waals surface area contributed by atoms with Gasteiger partial charge in [0.2, 0.25) is 5.91 Å². The Kier molecular flexibility index (Phi) is 9.15. The van der Waals surface area contributed by atoms with Crippen molar-refractivity contribution in [3.63, 3.8) is 0 Å². The molecule has 0 unspecified atom stereocenters. The molecule has 1 fully saturated rings. The van der Waals surface area contributed by atoms with E-state index in [0.717, 1.165) is 46.5 Å². The number of fused-ring (bicyclic) bond motifs is 1. The van der Waals surface area contributed by atoms with Crippen molar-refractivity contribution in [2.45, 2.75) is 57.7 Å². The lowest BCUT2D eigenvalue weighted by molar-refractivity contribution is -0.142. The summed E-state index contributed by atoms with van der Waals surface area (Å²) in [6.07, 6.45) is 5.36. The van der Waals surface area contributed by atoms with Crippen LogP contribution in [0.1, 0.15) is 44.6 Å². The van der Waals surface area contributed by atoms with Crippen LogP contribution in [-0.2, 0) is 16.1 Å². The van der Waals surface area contributed by atoms with E-state index in [2.05, 4.69) is 21.2 Å². The fourth-order valence-electron chi connectivity index (χ4n) is 4.53. The molecule has 0 aliphatic heterocycles. The first kappa shape index (κ1) is 26.8.